The summed E-state index contributed by atoms with van der Waals surface area (Å²) in [4.78, 5) is 16.5. The number of benzene rings is 2. The first-order valence-electron chi connectivity index (χ1n) is 10.3. The average molecular weight is 417 g/mol. The summed E-state index contributed by atoms with van der Waals surface area (Å²) in [5.74, 6) is -0.107. The van der Waals surface area contributed by atoms with E-state index in [-0.39, 0.29) is 5.82 Å². The molecule has 1 heterocycles. The second-order valence-electron chi connectivity index (χ2n) is 8.10. The van der Waals surface area contributed by atoms with E-state index in [0.717, 1.165) is 56.1 Å². The third-order valence-electron chi connectivity index (χ3n) is 6.21. The number of aromatic amines is 1. The van der Waals surface area contributed by atoms with E-state index in [4.69, 9.17) is 16.0 Å². The van der Waals surface area contributed by atoms with Gasteiger partial charge in [0.25, 0.3) is 0 Å². The number of fused-ring (bicyclic) bond motifs is 1. The molecule has 154 valence electrons. The van der Waals surface area contributed by atoms with Crippen LogP contribution in [0, 0.1) is 5.82 Å². The van der Waals surface area contributed by atoms with Crippen molar-refractivity contribution in [2.75, 3.05) is 13.6 Å². The third-order valence-corrected chi connectivity index (χ3v) is 6.44. The van der Waals surface area contributed by atoms with Gasteiger partial charge < -0.3 is 9.32 Å². The van der Waals surface area contributed by atoms with Crippen molar-refractivity contribution >= 4 is 22.7 Å². The largest absolute Gasteiger partial charge is 0.417 e. The van der Waals surface area contributed by atoms with Crippen LogP contribution in [0.5, 0.6) is 0 Å². The highest BCUT2D eigenvalue weighted by Gasteiger charge is 2.25. The first-order valence-corrected chi connectivity index (χ1v) is 10.6. The number of aromatic nitrogens is 1. The number of oxazole rings is 1. The van der Waals surface area contributed by atoms with Crippen LogP contribution in [-0.2, 0) is 6.42 Å². The normalized spacial score (nSPS) is 19.9. The zero-order chi connectivity index (χ0) is 20.4. The number of nitrogens with one attached hydrogen (secondary N) is 1. The van der Waals surface area contributed by atoms with Crippen molar-refractivity contribution in [3.8, 4) is 0 Å². The Balaban J connectivity index is 1.27. The van der Waals surface area contributed by atoms with Crippen LogP contribution in [0.2, 0.25) is 5.02 Å². The summed E-state index contributed by atoms with van der Waals surface area (Å²) in [6.45, 7) is 0.956. The highest BCUT2D eigenvalue weighted by atomic mass is 35.5. The zero-order valence-electron chi connectivity index (χ0n) is 16.6. The molecule has 1 saturated carbocycles. The summed E-state index contributed by atoms with van der Waals surface area (Å²) in [5, 5.41) is 0.443. The fourth-order valence-electron chi connectivity index (χ4n) is 4.49. The number of halogens is 2. The third kappa shape index (κ3) is 4.73. The Hall–Kier alpha value is -2.11. The van der Waals surface area contributed by atoms with Crippen LogP contribution in [0.4, 0.5) is 4.39 Å². The van der Waals surface area contributed by atoms with Crippen LogP contribution in [-0.4, -0.2) is 29.5 Å². The smallest absolute Gasteiger partial charge is 0.408 e. The molecular formula is C23H26ClFN2O2. The average Bonchev–Trinajstić information content (AvgIpc) is 3.09. The van der Waals surface area contributed by atoms with Gasteiger partial charge in [-0.3, -0.25) is 4.98 Å². The first-order chi connectivity index (χ1) is 14.0. The molecule has 29 heavy (non-hydrogen) atoms. The molecular weight excluding hydrogens is 391 g/mol. The van der Waals surface area contributed by atoms with E-state index < -0.39 is 5.76 Å². The van der Waals surface area contributed by atoms with Gasteiger partial charge >= 0.3 is 5.76 Å². The van der Waals surface area contributed by atoms with Crippen molar-refractivity contribution in [3.63, 3.8) is 0 Å². The zero-order valence-corrected chi connectivity index (χ0v) is 17.3. The van der Waals surface area contributed by atoms with E-state index in [9.17, 15) is 9.18 Å². The maximum Gasteiger partial charge on any atom is 0.417 e. The summed E-state index contributed by atoms with van der Waals surface area (Å²) >= 11 is 5.82. The Morgan fingerprint density at radius 3 is 2.72 bits per heavy atom. The minimum Gasteiger partial charge on any atom is -0.408 e. The number of nitrogens with zero attached hydrogens (tertiary/aromatic N) is 1. The molecule has 1 N–H and O–H groups in total. The summed E-state index contributed by atoms with van der Waals surface area (Å²) in [6.07, 6.45) is 6.20. The lowest BCUT2D eigenvalue weighted by molar-refractivity contribution is 0.181. The van der Waals surface area contributed by atoms with Gasteiger partial charge in [0, 0.05) is 11.1 Å². The van der Waals surface area contributed by atoms with E-state index in [1.54, 1.807) is 12.1 Å². The SMILES string of the molecule is CN(CCCc1ccc(Cl)cc1F)[C@H]1CC[C@H](c2ccc3[nH]c(=O)oc3c2)CC1. The molecule has 1 aliphatic rings. The molecule has 6 heteroatoms. The summed E-state index contributed by atoms with van der Waals surface area (Å²) in [6, 6.07) is 11.5. The summed E-state index contributed by atoms with van der Waals surface area (Å²) in [5.41, 5.74) is 3.38. The van der Waals surface area contributed by atoms with E-state index in [0.29, 0.717) is 22.6 Å². The molecule has 0 spiro atoms. The van der Waals surface area contributed by atoms with Crippen LogP contribution in [0.15, 0.2) is 45.6 Å². The molecule has 0 amide bonds. The maximum atomic E-state index is 13.9. The molecule has 0 atom stereocenters. The van der Waals surface area contributed by atoms with Crippen molar-refractivity contribution in [1.29, 1.82) is 0 Å². The van der Waals surface area contributed by atoms with Crippen LogP contribution < -0.4 is 5.76 Å². The van der Waals surface area contributed by atoms with Gasteiger partial charge in [-0.15, -0.1) is 0 Å². The van der Waals surface area contributed by atoms with Crippen molar-refractivity contribution < 1.29 is 8.81 Å². The predicted molar refractivity (Wildman–Crippen MR) is 114 cm³/mol. The van der Waals surface area contributed by atoms with Crippen LogP contribution >= 0.6 is 11.6 Å². The number of aryl methyl sites for hydroxylation is 1. The molecule has 4 rings (SSSR count). The van der Waals surface area contributed by atoms with Crippen molar-refractivity contribution in [1.82, 2.24) is 9.88 Å². The van der Waals surface area contributed by atoms with Gasteiger partial charge in [-0.1, -0.05) is 23.7 Å². The van der Waals surface area contributed by atoms with E-state index in [1.165, 1.54) is 11.6 Å². The van der Waals surface area contributed by atoms with Gasteiger partial charge in [0.15, 0.2) is 5.58 Å². The Labute approximate surface area is 174 Å². The quantitative estimate of drug-likeness (QED) is 0.576. The minimum atomic E-state index is -0.402. The van der Waals surface area contributed by atoms with Crippen LogP contribution in [0.25, 0.3) is 11.1 Å². The Bertz CT molecular complexity index is 1040. The van der Waals surface area contributed by atoms with Gasteiger partial charge in [-0.25, -0.2) is 9.18 Å². The van der Waals surface area contributed by atoms with Gasteiger partial charge in [-0.2, -0.15) is 0 Å². The molecule has 0 saturated heterocycles. The fourth-order valence-corrected chi connectivity index (χ4v) is 4.65. The van der Waals surface area contributed by atoms with Crippen molar-refractivity contribution in [2.45, 2.75) is 50.5 Å². The Kier molecular flexibility index (Phi) is 6.07. The monoisotopic (exact) mass is 416 g/mol. The highest BCUT2D eigenvalue weighted by Crippen LogP contribution is 2.35. The van der Waals surface area contributed by atoms with Gasteiger partial charge in [0.2, 0.25) is 0 Å². The molecule has 0 bridgehead atoms. The maximum absolute atomic E-state index is 13.9. The minimum absolute atomic E-state index is 0.212. The predicted octanol–water partition coefficient (Wildman–Crippen LogP) is 5.50. The summed E-state index contributed by atoms with van der Waals surface area (Å²) in [7, 11) is 2.17. The molecule has 0 radical (unpaired) electrons. The van der Waals surface area contributed by atoms with Gasteiger partial charge in [0.1, 0.15) is 5.82 Å². The van der Waals surface area contributed by atoms with Crippen molar-refractivity contribution in [3.05, 3.63) is 68.9 Å². The second kappa shape index (κ2) is 8.72. The molecule has 1 fully saturated rings. The first kappa shape index (κ1) is 20.2. The molecule has 0 unspecified atom stereocenters. The Morgan fingerprint density at radius 1 is 1.17 bits per heavy atom. The second-order valence-corrected chi connectivity index (χ2v) is 8.53. The van der Waals surface area contributed by atoms with E-state index in [2.05, 4.69) is 23.0 Å². The van der Waals surface area contributed by atoms with Gasteiger partial charge in [-0.05, 0) is 93.4 Å². The molecule has 3 aromatic rings. The molecule has 4 nitrogen and oxygen atoms in total. The number of hydrogen-bond donors (Lipinski definition) is 1. The molecule has 1 aliphatic carbocycles. The van der Waals surface area contributed by atoms with Crippen LogP contribution in [0.1, 0.15) is 49.1 Å². The molecule has 0 aliphatic heterocycles. The molecule has 1 aromatic heterocycles. The molecule has 2 aromatic carbocycles. The fraction of sp³-hybridized carbons (Fsp3) is 0.435. The highest BCUT2D eigenvalue weighted by molar-refractivity contribution is 6.30. The van der Waals surface area contributed by atoms with Gasteiger partial charge in [0.05, 0.1) is 5.52 Å². The van der Waals surface area contributed by atoms with Crippen LogP contribution in [0.3, 0.4) is 0 Å². The summed E-state index contributed by atoms with van der Waals surface area (Å²) < 4.78 is 19.1. The number of H-pyrrole nitrogens is 1. The van der Waals surface area contributed by atoms with Crippen molar-refractivity contribution in [2.24, 2.45) is 0 Å². The number of hydrogen-bond acceptors (Lipinski definition) is 3. The lowest BCUT2D eigenvalue weighted by atomic mass is 9.81. The standard InChI is InChI=1S/C23H26ClFN2O2/c1-27(12-2-3-16-4-8-18(24)14-20(16)25)19-9-5-15(6-10-19)17-7-11-21-22(13-17)29-23(28)26-21/h4,7-8,11,13-15,19H,2-3,5-6,9-10,12H2,1H3,(H,26,28)/t15-,19-. The lowest BCUT2D eigenvalue weighted by Gasteiger charge is -2.35. The van der Waals surface area contributed by atoms with E-state index in [1.807, 2.05) is 12.1 Å². The topological polar surface area (TPSA) is 49.2 Å². The Morgan fingerprint density at radius 2 is 1.97 bits per heavy atom. The van der Waals surface area contributed by atoms with E-state index >= 15 is 0 Å². The number of rotatable bonds is 6. The lowest BCUT2D eigenvalue weighted by Crippen LogP contribution is -2.35.